The number of carbonyl (C=O) groups is 2. The number of ether oxygens (including phenoxy) is 1. The Hall–Kier alpha value is -2.82. The van der Waals surface area contributed by atoms with Crippen LogP contribution in [0.5, 0.6) is 0 Å². The van der Waals surface area contributed by atoms with E-state index in [0.717, 1.165) is 40.1 Å². The molecule has 1 atom stereocenters. The molecule has 2 aromatic carbocycles. The van der Waals surface area contributed by atoms with Gasteiger partial charge in [0.2, 0.25) is 15.9 Å². The molecule has 0 aliphatic carbocycles. The van der Waals surface area contributed by atoms with Crippen LogP contribution in [0, 0.1) is 19.7 Å². The van der Waals surface area contributed by atoms with Crippen molar-refractivity contribution in [2.45, 2.75) is 37.7 Å². The first-order valence-electron chi connectivity index (χ1n) is 11.0. The quantitative estimate of drug-likeness (QED) is 0.613. The molecular formula is C24H30FN3O5S. The van der Waals surface area contributed by atoms with E-state index in [0.29, 0.717) is 18.7 Å². The van der Waals surface area contributed by atoms with Gasteiger partial charge in [-0.25, -0.2) is 17.1 Å². The number of anilines is 1. The Morgan fingerprint density at radius 1 is 1.18 bits per heavy atom. The molecule has 0 spiro atoms. The number of benzene rings is 2. The molecule has 8 nitrogen and oxygen atoms in total. The van der Waals surface area contributed by atoms with Crippen molar-refractivity contribution in [3.05, 3.63) is 58.9 Å². The Morgan fingerprint density at radius 2 is 1.91 bits per heavy atom. The van der Waals surface area contributed by atoms with Crippen LogP contribution in [0.15, 0.2) is 41.3 Å². The molecule has 1 unspecified atom stereocenters. The third-order valence-electron chi connectivity index (χ3n) is 5.90. The minimum absolute atomic E-state index is 0.0865. The second-order valence-corrected chi connectivity index (χ2v) is 10.7. The number of carbonyl (C=O) groups excluding carboxylic acids is 2. The number of hydrogen-bond acceptors (Lipinski definition) is 5. The summed E-state index contributed by atoms with van der Waals surface area (Å²) in [7, 11) is -1.18. The third-order valence-corrected chi connectivity index (χ3v) is 7.71. The summed E-state index contributed by atoms with van der Waals surface area (Å²) < 4.78 is 46.3. The van der Waals surface area contributed by atoms with Gasteiger partial charge in [0.1, 0.15) is 12.4 Å². The molecule has 1 N–H and O–H groups in total. The highest BCUT2D eigenvalue weighted by atomic mass is 32.2. The molecule has 0 saturated carbocycles. The molecule has 1 aliphatic rings. The number of halogens is 1. The van der Waals surface area contributed by atoms with Crippen molar-refractivity contribution in [3.63, 3.8) is 0 Å². The van der Waals surface area contributed by atoms with Gasteiger partial charge in [-0.3, -0.25) is 9.59 Å². The van der Waals surface area contributed by atoms with Gasteiger partial charge in [0, 0.05) is 32.9 Å². The highest BCUT2D eigenvalue weighted by Crippen LogP contribution is 2.22. The fraction of sp³-hybridized carbons (Fsp3) is 0.417. The highest BCUT2D eigenvalue weighted by Gasteiger charge is 2.28. The summed E-state index contributed by atoms with van der Waals surface area (Å²) in [5.74, 6) is -2.09. The molecule has 184 valence electrons. The summed E-state index contributed by atoms with van der Waals surface area (Å²) in [5, 5.41) is 2.81. The lowest BCUT2D eigenvalue weighted by molar-refractivity contribution is -0.117. The zero-order chi connectivity index (χ0) is 25.0. The van der Waals surface area contributed by atoms with E-state index in [-0.39, 0.29) is 24.1 Å². The van der Waals surface area contributed by atoms with Crippen molar-refractivity contribution in [2.75, 3.05) is 39.1 Å². The van der Waals surface area contributed by atoms with Gasteiger partial charge in [-0.15, -0.1) is 0 Å². The molecule has 0 aromatic heterocycles. The van der Waals surface area contributed by atoms with Gasteiger partial charge in [0.15, 0.2) is 0 Å². The maximum Gasteiger partial charge on any atom is 0.257 e. The van der Waals surface area contributed by atoms with E-state index in [1.165, 1.54) is 19.0 Å². The number of amides is 2. The van der Waals surface area contributed by atoms with Gasteiger partial charge in [0.05, 0.1) is 16.6 Å². The maximum absolute atomic E-state index is 14.7. The SMILES string of the molecule is Cc1cccc(NC(=O)CN(CC2CCCO2)C(=O)c2cc(S(=O)(=O)N(C)C)ccc2F)c1C. The molecule has 2 aromatic rings. The molecule has 10 heteroatoms. The molecule has 0 radical (unpaired) electrons. The summed E-state index contributed by atoms with van der Waals surface area (Å²) in [6, 6.07) is 8.58. The van der Waals surface area contributed by atoms with Crippen LogP contribution in [0.3, 0.4) is 0 Å². The van der Waals surface area contributed by atoms with E-state index in [4.69, 9.17) is 4.74 Å². The lowest BCUT2D eigenvalue weighted by Gasteiger charge is -2.26. The standard InChI is InChI=1S/C24H30FN3O5S/c1-16-7-5-9-22(17(16)2)26-23(29)15-28(14-18-8-6-12-33-18)24(30)20-13-19(10-11-21(20)25)34(31,32)27(3)4/h5,7,9-11,13,18H,6,8,12,14-15H2,1-4H3,(H,26,29). The van der Waals surface area contributed by atoms with Crippen molar-refractivity contribution in [1.29, 1.82) is 0 Å². The highest BCUT2D eigenvalue weighted by molar-refractivity contribution is 7.89. The largest absolute Gasteiger partial charge is 0.376 e. The molecule has 1 heterocycles. The first-order valence-corrected chi connectivity index (χ1v) is 12.4. The lowest BCUT2D eigenvalue weighted by Crippen LogP contribution is -2.42. The molecule has 2 amide bonds. The van der Waals surface area contributed by atoms with Crippen molar-refractivity contribution in [1.82, 2.24) is 9.21 Å². The summed E-state index contributed by atoms with van der Waals surface area (Å²) in [4.78, 5) is 27.2. The fourth-order valence-electron chi connectivity index (χ4n) is 3.71. The molecular weight excluding hydrogens is 461 g/mol. The smallest absolute Gasteiger partial charge is 0.257 e. The number of nitrogens with one attached hydrogen (secondary N) is 1. The molecule has 1 aliphatic heterocycles. The van der Waals surface area contributed by atoms with Crippen LogP contribution >= 0.6 is 0 Å². The summed E-state index contributed by atoms with van der Waals surface area (Å²) >= 11 is 0. The summed E-state index contributed by atoms with van der Waals surface area (Å²) in [5.41, 5.74) is 2.12. The van der Waals surface area contributed by atoms with Crippen LogP contribution in [0.2, 0.25) is 0 Å². The van der Waals surface area contributed by atoms with Crippen molar-refractivity contribution in [2.24, 2.45) is 0 Å². The molecule has 34 heavy (non-hydrogen) atoms. The van der Waals surface area contributed by atoms with Gasteiger partial charge < -0.3 is 15.0 Å². The number of rotatable bonds is 8. The zero-order valence-corrected chi connectivity index (χ0v) is 20.6. The number of aryl methyl sites for hydroxylation is 1. The predicted molar refractivity (Wildman–Crippen MR) is 127 cm³/mol. The molecule has 1 fully saturated rings. The van der Waals surface area contributed by atoms with Crippen molar-refractivity contribution >= 4 is 27.5 Å². The van der Waals surface area contributed by atoms with E-state index in [9.17, 15) is 22.4 Å². The summed E-state index contributed by atoms with van der Waals surface area (Å²) in [6.07, 6.45) is 1.25. The normalized spacial score (nSPS) is 16.0. The Labute approximate surface area is 199 Å². The minimum atomic E-state index is -3.88. The Kier molecular flexibility index (Phi) is 8.06. The fourth-order valence-corrected chi connectivity index (χ4v) is 4.64. The summed E-state index contributed by atoms with van der Waals surface area (Å²) in [6.45, 7) is 4.10. The van der Waals surface area contributed by atoms with Gasteiger partial charge >= 0.3 is 0 Å². The van der Waals surface area contributed by atoms with Crippen LogP contribution in [0.4, 0.5) is 10.1 Å². The van der Waals surface area contributed by atoms with E-state index in [1.807, 2.05) is 26.0 Å². The Bertz CT molecular complexity index is 1180. The van der Waals surface area contributed by atoms with Crippen LogP contribution < -0.4 is 5.32 Å². The topological polar surface area (TPSA) is 96.0 Å². The van der Waals surface area contributed by atoms with Gasteiger partial charge in [0.25, 0.3) is 5.91 Å². The van der Waals surface area contributed by atoms with Crippen molar-refractivity contribution < 1.29 is 27.1 Å². The van der Waals surface area contributed by atoms with E-state index in [1.54, 1.807) is 6.07 Å². The van der Waals surface area contributed by atoms with E-state index >= 15 is 0 Å². The van der Waals surface area contributed by atoms with Crippen LogP contribution in [0.25, 0.3) is 0 Å². The Morgan fingerprint density at radius 3 is 2.56 bits per heavy atom. The van der Waals surface area contributed by atoms with E-state index in [2.05, 4.69) is 5.32 Å². The van der Waals surface area contributed by atoms with Gasteiger partial charge in [-0.2, -0.15) is 0 Å². The second-order valence-electron chi connectivity index (χ2n) is 8.55. The Balaban J connectivity index is 1.89. The minimum Gasteiger partial charge on any atom is -0.376 e. The first kappa shape index (κ1) is 25.8. The van der Waals surface area contributed by atoms with Crippen molar-refractivity contribution in [3.8, 4) is 0 Å². The second kappa shape index (κ2) is 10.6. The third kappa shape index (κ3) is 5.81. The maximum atomic E-state index is 14.7. The van der Waals surface area contributed by atoms with Crippen LogP contribution in [-0.2, 0) is 19.6 Å². The molecule has 1 saturated heterocycles. The average molecular weight is 492 g/mol. The molecule has 3 rings (SSSR count). The van der Waals surface area contributed by atoms with Crippen LogP contribution in [-0.4, -0.2) is 69.3 Å². The van der Waals surface area contributed by atoms with Crippen LogP contribution in [0.1, 0.15) is 34.3 Å². The number of nitrogens with zero attached hydrogens (tertiary/aromatic N) is 2. The first-order chi connectivity index (χ1) is 16.0. The monoisotopic (exact) mass is 491 g/mol. The number of hydrogen-bond donors (Lipinski definition) is 1. The molecule has 0 bridgehead atoms. The average Bonchev–Trinajstić information content (AvgIpc) is 3.29. The number of sulfonamides is 1. The van der Waals surface area contributed by atoms with Gasteiger partial charge in [-0.1, -0.05) is 12.1 Å². The van der Waals surface area contributed by atoms with Gasteiger partial charge in [-0.05, 0) is 62.1 Å². The lowest BCUT2D eigenvalue weighted by atomic mass is 10.1. The van der Waals surface area contributed by atoms with E-state index < -0.39 is 33.2 Å². The predicted octanol–water partition coefficient (Wildman–Crippen LogP) is 2.95. The zero-order valence-electron chi connectivity index (χ0n) is 19.8.